The molecule has 1 aromatic carbocycles. The van der Waals surface area contributed by atoms with Gasteiger partial charge in [0.2, 0.25) is 5.91 Å². The van der Waals surface area contributed by atoms with Crippen molar-refractivity contribution >= 4 is 17.3 Å². The summed E-state index contributed by atoms with van der Waals surface area (Å²) in [5.74, 6) is 0.0721. The molecule has 25 heavy (non-hydrogen) atoms. The molecule has 2 aliphatic heterocycles. The number of aryl methyl sites for hydroxylation is 1. The van der Waals surface area contributed by atoms with Gasteiger partial charge in [0.1, 0.15) is 6.10 Å². The van der Waals surface area contributed by atoms with Crippen LogP contribution in [0, 0.1) is 6.92 Å². The molecule has 0 aromatic heterocycles. The van der Waals surface area contributed by atoms with E-state index < -0.39 is 0 Å². The van der Waals surface area contributed by atoms with Crippen molar-refractivity contribution in [3.8, 4) is 0 Å². The smallest absolute Gasteiger partial charge is 0.238 e. The Balaban J connectivity index is 1.53. The molecular weight excluding hydrogens is 314 g/mol. The Hall–Kier alpha value is -2.01. The summed E-state index contributed by atoms with van der Waals surface area (Å²) in [6.07, 6.45) is 9.84. The number of piperidine rings is 1. The Labute approximate surface area is 150 Å². The van der Waals surface area contributed by atoms with Gasteiger partial charge >= 0.3 is 0 Å². The topological polar surface area (TPSA) is 53.6 Å². The van der Waals surface area contributed by atoms with E-state index in [1.54, 1.807) is 6.26 Å². The van der Waals surface area contributed by atoms with Crippen molar-refractivity contribution in [3.63, 3.8) is 0 Å². The van der Waals surface area contributed by atoms with Crippen molar-refractivity contribution in [1.82, 2.24) is 4.90 Å². The van der Waals surface area contributed by atoms with Crippen molar-refractivity contribution in [3.05, 3.63) is 36.1 Å². The van der Waals surface area contributed by atoms with E-state index in [2.05, 4.69) is 21.6 Å². The van der Waals surface area contributed by atoms with E-state index in [0.717, 1.165) is 49.4 Å². The number of allylic oxidation sites excluding steroid dienone is 1. The molecule has 5 heteroatoms. The molecule has 2 N–H and O–H groups in total. The second-order valence-electron chi connectivity index (χ2n) is 7.00. The fraction of sp³-hybridized carbons (Fsp3) is 0.550. The summed E-state index contributed by atoms with van der Waals surface area (Å²) in [6, 6.07) is 6.11. The minimum Gasteiger partial charge on any atom is -0.497 e. The predicted octanol–water partition coefficient (Wildman–Crippen LogP) is 3.52. The number of nitrogens with zero attached hydrogens (tertiary/aromatic N) is 1. The zero-order valence-corrected chi connectivity index (χ0v) is 15.1. The number of likely N-dealkylation sites (tertiary alicyclic amines) is 1. The molecule has 3 rings (SSSR count). The summed E-state index contributed by atoms with van der Waals surface area (Å²) < 4.78 is 5.58. The van der Waals surface area contributed by atoms with E-state index in [1.165, 1.54) is 19.3 Å². The summed E-state index contributed by atoms with van der Waals surface area (Å²) in [5, 5.41) is 6.49. The lowest BCUT2D eigenvalue weighted by molar-refractivity contribution is -0.117. The number of hydrogen-bond acceptors (Lipinski definition) is 4. The Morgan fingerprint density at radius 2 is 2.12 bits per heavy atom. The van der Waals surface area contributed by atoms with Gasteiger partial charge in [-0.3, -0.25) is 9.69 Å². The van der Waals surface area contributed by atoms with E-state index in [-0.39, 0.29) is 12.0 Å². The molecule has 0 saturated carbocycles. The van der Waals surface area contributed by atoms with Crippen LogP contribution in [0.2, 0.25) is 0 Å². The fourth-order valence-electron chi connectivity index (χ4n) is 3.34. The lowest BCUT2D eigenvalue weighted by atomic mass is 10.1. The molecule has 1 amide bonds. The number of anilines is 2. The Bertz CT molecular complexity index is 609. The molecule has 5 nitrogen and oxygen atoms in total. The third kappa shape index (κ3) is 5.49. The highest BCUT2D eigenvalue weighted by Gasteiger charge is 2.15. The van der Waals surface area contributed by atoms with Gasteiger partial charge in [-0.15, -0.1) is 0 Å². The highest BCUT2D eigenvalue weighted by atomic mass is 16.5. The number of benzene rings is 1. The maximum atomic E-state index is 12.3. The van der Waals surface area contributed by atoms with Gasteiger partial charge in [0, 0.05) is 11.4 Å². The summed E-state index contributed by atoms with van der Waals surface area (Å²) in [7, 11) is 0. The summed E-state index contributed by atoms with van der Waals surface area (Å²) >= 11 is 0. The Morgan fingerprint density at radius 3 is 2.88 bits per heavy atom. The lowest BCUT2D eigenvalue weighted by Gasteiger charge is -2.25. The van der Waals surface area contributed by atoms with Crippen LogP contribution in [0.15, 0.2) is 30.5 Å². The number of amides is 1. The van der Waals surface area contributed by atoms with Gasteiger partial charge in [-0.2, -0.15) is 0 Å². The number of nitrogens with one attached hydrogen (secondary N) is 2. The molecule has 136 valence electrons. The highest BCUT2D eigenvalue weighted by Crippen LogP contribution is 2.21. The average molecular weight is 343 g/mol. The van der Waals surface area contributed by atoms with Gasteiger partial charge in [0.15, 0.2) is 0 Å². The lowest BCUT2D eigenvalue weighted by Crippen LogP contribution is -2.36. The number of hydrogen-bond donors (Lipinski definition) is 2. The Kier molecular flexibility index (Phi) is 6.34. The van der Waals surface area contributed by atoms with Crippen LogP contribution in [0.4, 0.5) is 11.4 Å². The van der Waals surface area contributed by atoms with E-state index in [0.29, 0.717) is 6.54 Å². The van der Waals surface area contributed by atoms with E-state index in [1.807, 2.05) is 25.1 Å². The predicted molar refractivity (Wildman–Crippen MR) is 102 cm³/mol. The van der Waals surface area contributed by atoms with Crippen LogP contribution in [0.5, 0.6) is 0 Å². The van der Waals surface area contributed by atoms with E-state index in [4.69, 9.17) is 4.74 Å². The molecule has 1 saturated heterocycles. The van der Waals surface area contributed by atoms with Crippen LogP contribution < -0.4 is 10.6 Å². The van der Waals surface area contributed by atoms with E-state index in [9.17, 15) is 4.79 Å². The molecule has 2 heterocycles. The minimum atomic E-state index is 0.0721. The monoisotopic (exact) mass is 343 g/mol. The quantitative estimate of drug-likeness (QED) is 0.830. The third-order valence-electron chi connectivity index (χ3n) is 4.88. The molecule has 2 aliphatic rings. The number of ether oxygens (including phenoxy) is 1. The first-order valence-corrected chi connectivity index (χ1v) is 9.38. The first kappa shape index (κ1) is 17.8. The second-order valence-corrected chi connectivity index (χ2v) is 7.00. The zero-order valence-electron chi connectivity index (χ0n) is 15.1. The fourth-order valence-corrected chi connectivity index (χ4v) is 3.34. The molecule has 0 spiro atoms. The molecule has 1 fully saturated rings. The number of carbonyl (C=O) groups excluding carboxylic acids is 1. The summed E-state index contributed by atoms with van der Waals surface area (Å²) in [6.45, 7) is 5.34. The van der Waals surface area contributed by atoms with Crippen molar-refractivity contribution in [2.75, 3.05) is 36.8 Å². The Morgan fingerprint density at radius 1 is 1.28 bits per heavy atom. The molecule has 0 aliphatic carbocycles. The largest absolute Gasteiger partial charge is 0.497 e. The normalized spacial score (nSPS) is 20.8. The molecule has 0 bridgehead atoms. The second kappa shape index (κ2) is 8.90. The van der Waals surface area contributed by atoms with Crippen molar-refractivity contribution in [2.24, 2.45) is 0 Å². The summed E-state index contributed by atoms with van der Waals surface area (Å²) in [4.78, 5) is 14.6. The number of carbonyl (C=O) groups is 1. The standard InChI is InChI=1S/C20H29N3O2/c1-16-8-9-17(21-14-18-7-3-6-12-25-18)13-19(16)22-20(24)15-23-10-4-2-5-11-23/h6,8-9,12-13,18,21H,2-5,7,10-11,14-15H2,1H3,(H,22,24)/t18-/m0/s1. The van der Waals surface area contributed by atoms with Gasteiger partial charge in [-0.25, -0.2) is 0 Å². The van der Waals surface area contributed by atoms with Crippen molar-refractivity contribution in [2.45, 2.75) is 45.1 Å². The maximum absolute atomic E-state index is 12.3. The van der Waals surface area contributed by atoms with Crippen LogP contribution in [0.25, 0.3) is 0 Å². The first-order valence-electron chi connectivity index (χ1n) is 9.38. The van der Waals surface area contributed by atoms with E-state index >= 15 is 0 Å². The molecule has 1 atom stereocenters. The van der Waals surface area contributed by atoms with Crippen LogP contribution in [0.1, 0.15) is 37.7 Å². The maximum Gasteiger partial charge on any atom is 0.238 e. The molecule has 0 unspecified atom stereocenters. The molecular formula is C20H29N3O2. The van der Waals surface area contributed by atoms with Crippen molar-refractivity contribution in [1.29, 1.82) is 0 Å². The zero-order chi connectivity index (χ0) is 17.5. The highest BCUT2D eigenvalue weighted by molar-refractivity contribution is 5.93. The van der Waals surface area contributed by atoms with Crippen LogP contribution in [-0.2, 0) is 9.53 Å². The van der Waals surface area contributed by atoms with Crippen LogP contribution >= 0.6 is 0 Å². The summed E-state index contributed by atoms with van der Waals surface area (Å²) in [5.41, 5.74) is 2.97. The number of rotatable bonds is 6. The van der Waals surface area contributed by atoms with Gasteiger partial charge in [-0.1, -0.05) is 12.5 Å². The van der Waals surface area contributed by atoms with Gasteiger partial charge < -0.3 is 15.4 Å². The van der Waals surface area contributed by atoms with Gasteiger partial charge in [0.25, 0.3) is 0 Å². The van der Waals surface area contributed by atoms with Gasteiger partial charge in [-0.05, 0) is 69.5 Å². The van der Waals surface area contributed by atoms with Crippen LogP contribution in [-0.4, -0.2) is 43.1 Å². The first-order chi connectivity index (χ1) is 12.2. The average Bonchev–Trinajstić information content (AvgIpc) is 2.64. The van der Waals surface area contributed by atoms with Gasteiger partial charge in [0.05, 0.1) is 19.4 Å². The third-order valence-corrected chi connectivity index (χ3v) is 4.88. The van der Waals surface area contributed by atoms with Crippen LogP contribution in [0.3, 0.4) is 0 Å². The minimum absolute atomic E-state index is 0.0721. The molecule has 1 aromatic rings. The SMILES string of the molecule is Cc1ccc(NC[C@@H]2CCC=CO2)cc1NC(=O)CN1CCCCC1. The molecule has 0 radical (unpaired) electrons. The van der Waals surface area contributed by atoms with Crippen molar-refractivity contribution < 1.29 is 9.53 Å².